The topological polar surface area (TPSA) is 137 Å². The van der Waals surface area contributed by atoms with Crippen molar-refractivity contribution in [2.24, 2.45) is 0 Å². The summed E-state index contributed by atoms with van der Waals surface area (Å²) in [5.41, 5.74) is 1.00. The van der Waals surface area contributed by atoms with Crippen LogP contribution in [0.25, 0.3) is 0 Å². The van der Waals surface area contributed by atoms with Gasteiger partial charge in [0.2, 0.25) is 0 Å². The second kappa shape index (κ2) is 13.9. The van der Waals surface area contributed by atoms with Gasteiger partial charge in [-0.3, -0.25) is 9.88 Å². The minimum atomic E-state index is -1.18. The molecule has 1 atom stereocenters. The van der Waals surface area contributed by atoms with Gasteiger partial charge in [0.25, 0.3) is 0 Å². The molecule has 8 nitrogen and oxygen atoms in total. The molecule has 1 unspecified atom stereocenters. The Hall–Kier alpha value is -3.39. The van der Waals surface area contributed by atoms with Gasteiger partial charge in [0.1, 0.15) is 0 Å². The smallest absolute Gasteiger partial charge is 0.872 e. The van der Waals surface area contributed by atoms with E-state index in [0.29, 0.717) is 6.04 Å². The van der Waals surface area contributed by atoms with E-state index >= 15 is 0 Å². The number of carboxylic acid groups (broad SMARTS) is 2. The van der Waals surface area contributed by atoms with Gasteiger partial charge >= 0.3 is 29.0 Å². The average Bonchev–Trinajstić information content (AvgIpc) is 3.21. The maximum Gasteiger partial charge on any atom is 2.00 e. The van der Waals surface area contributed by atoms with Gasteiger partial charge in [-0.2, -0.15) is 0 Å². The fraction of sp³-hybridized carbons (Fsp3) is 0.208. The summed E-state index contributed by atoms with van der Waals surface area (Å²) < 4.78 is 0. The van der Waals surface area contributed by atoms with Crippen LogP contribution in [0.5, 0.6) is 11.5 Å². The van der Waals surface area contributed by atoms with E-state index in [4.69, 9.17) is 10.2 Å². The van der Waals surface area contributed by atoms with E-state index < -0.39 is 23.4 Å². The Morgan fingerprint density at radius 1 is 0.909 bits per heavy atom. The molecule has 1 saturated heterocycles. The number of pyridine rings is 1. The van der Waals surface area contributed by atoms with E-state index in [2.05, 4.69) is 23.0 Å². The number of likely N-dealkylation sites (tertiary alicyclic amines) is 1. The first-order valence-electron chi connectivity index (χ1n) is 9.90. The van der Waals surface area contributed by atoms with Crippen LogP contribution in [0.3, 0.4) is 0 Å². The Bertz CT molecular complexity index is 977. The number of aromatic nitrogens is 1. The number of hydrogen-bond acceptors (Lipinski definition) is 6. The fourth-order valence-electron chi connectivity index (χ4n) is 3.19. The van der Waals surface area contributed by atoms with Crippen LogP contribution in [0.4, 0.5) is 0 Å². The fourth-order valence-corrected chi connectivity index (χ4v) is 3.19. The molecule has 9 heteroatoms. The first-order chi connectivity index (χ1) is 15.3. The number of hydrogen-bond donors (Lipinski definition) is 2. The second-order valence-corrected chi connectivity index (χ2v) is 7.03. The van der Waals surface area contributed by atoms with E-state index in [1.165, 1.54) is 73.5 Å². The van der Waals surface area contributed by atoms with Crippen molar-refractivity contribution >= 4 is 11.9 Å². The Morgan fingerprint density at radius 2 is 1.42 bits per heavy atom. The summed E-state index contributed by atoms with van der Waals surface area (Å²) in [5.74, 6) is -3.25. The molecule has 4 rings (SSSR count). The number of aromatic carboxylic acids is 2. The van der Waals surface area contributed by atoms with Crippen molar-refractivity contribution in [3.05, 3.63) is 89.7 Å². The van der Waals surface area contributed by atoms with Gasteiger partial charge in [0, 0.05) is 18.4 Å². The Morgan fingerprint density at radius 3 is 1.76 bits per heavy atom. The summed E-state index contributed by atoms with van der Waals surface area (Å²) in [7, 11) is 2.19. The standard InChI is InChI=1S/C10H14N2.2C7H6O3.Cu/c1-12-7-3-5-10(12)9-4-2-6-11-8-9;2*8-6-4-2-1-3-5(6)7(9)10;/h2,4,6,8,10H,3,5,7H2,1H3;2*1-4,8H,(H,9,10);/q;;;+2/p-2. The molecule has 0 aliphatic carbocycles. The van der Waals surface area contributed by atoms with Crippen molar-refractivity contribution in [3.8, 4) is 11.5 Å². The normalized spacial score (nSPS) is 14.5. The maximum absolute atomic E-state index is 10.7. The van der Waals surface area contributed by atoms with E-state index in [9.17, 15) is 19.8 Å². The monoisotopic (exact) mass is 499 g/mol. The summed E-state index contributed by atoms with van der Waals surface area (Å²) in [6.45, 7) is 1.22. The number of rotatable bonds is 3. The zero-order valence-electron chi connectivity index (χ0n) is 17.9. The largest absolute Gasteiger partial charge is 2.00 e. The SMILES string of the molecule is CN1CCCC1c1cccnc1.O=C(O)c1ccccc1[O-].O=C(O)c1ccccc1[O-].[Cu+2]. The van der Waals surface area contributed by atoms with Crippen molar-refractivity contribution in [3.63, 3.8) is 0 Å². The minimum absolute atomic E-state index is 0. The molecule has 177 valence electrons. The molecule has 1 fully saturated rings. The molecule has 1 radical (unpaired) electrons. The first kappa shape index (κ1) is 27.6. The third-order valence-electron chi connectivity index (χ3n) is 4.82. The molecule has 33 heavy (non-hydrogen) atoms. The van der Waals surface area contributed by atoms with Crippen LogP contribution in [0.1, 0.15) is 45.2 Å². The summed E-state index contributed by atoms with van der Waals surface area (Å²) in [4.78, 5) is 27.0. The molecular formula is C24H24CuN2O6. The third kappa shape index (κ3) is 8.57. The molecule has 2 aromatic carbocycles. The number of nitrogens with zero attached hydrogens (tertiary/aromatic N) is 2. The van der Waals surface area contributed by atoms with Gasteiger partial charge in [0.05, 0.1) is 11.1 Å². The van der Waals surface area contributed by atoms with Crippen LogP contribution >= 0.6 is 0 Å². The van der Waals surface area contributed by atoms with Crippen molar-refractivity contribution in [1.29, 1.82) is 0 Å². The summed E-state index contributed by atoms with van der Waals surface area (Å²) in [5, 5.41) is 38.1. The predicted molar refractivity (Wildman–Crippen MR) is 115 cm³/mol. The van der Waals surface area contributed by atoms with Crippen LogP contribution in [-0.2, 0) is 17.1 Å². The number of benzene rings is 2. The van der Waals surface area contributed by atoms with Crippen LogP contribution in [-0.4, -0.2) is 45.6 Å². The van der Waals surface area contributed by atoms with Gasteiger partial charge in [-0.1, -0.05) is 54.0 Å². The van der Waals surface area contributed by atoms with Gasteiger partial charge in [0.15, 0.2) is 0 Å². The van der Waals surface area contributed by atoms with Crippen LogP contribution in [0.15, 0.2) is 73.1 Å². The number of carbonyl (C=O) groups is 2. The average molecular weight is 500 g/mol. The molecule has 3 aromatic rings. The van der Waals surface area contributed by atoms with Crippen LogP contribution < -0.4 is 10.2 Å². The first-order valence-corrected chi connectivity index (χ1v) is 9.90. The molecule has 0 spiro atoms. The van der Waals surface area contributed by atoms with Gasteiger partial charge in [-0.15, -0.1) is 0 Å². The summed E-state index contributed by atoms with van der Waals surface area (Å²) in [6.07, 6.45) is 6.41. The van der Waals surface area contributed by atoms with Crippen LogP contribution in [0.2, 0.25) is 0 Å². The molecule has 0 bridgehead atoms. The van der Waals surface area contributed by atoms with Crippen molar-refractivity contribution in [1.82, 2.24) is 9.88 Å². The molecule has 1 aromatic heterocycles. The Balaban J connectivity index is 0.000000246. The second-order valence-electron chi connectivity index (χ2n) is 7.03. The molecule has 1 aliphatic rings. The maximum atomic E-state index is 10.7. The summed E-state index contributed by atoms with van der Waals surface area (Å²) in [6, 6.07) is 15.9. The quantitative estimate of drug-likeness (QED) is 0.525. The molecule has 0 amide bonds. The van der Waals surface area contributed by atoms with Gasteiger partial charge < -0.3 is 20.4 Å². The number of carboxylic acids is 2. The molecule has 2 heterocycles. The van der Waals surface area contributed by atoms with E-state index in [-0.39, 0.29) is 28.2 Å². The van der Waals surface area contributed by atoms with Crippen molar-refractivity contribution in [2.45, 2.75) is 18.9 Å². The minimum Gasteiger partial charge on any atom is -0.872 e. The Labute approximate surface area is 202 Å². The predicted octanol–water partition coefficient (Wildman–Crippen LogP) is 2.76. The molecule has 1 aliphatic heterocycles. The van der Waals surface area contributed by atoms with Gasteiger partial charge in [-0.05, 0) is 50.2 Å². The van der Waals surface area contributed by atoms with Crippen molar-refractivity contribution < 1.29 is 47.1 Å². The third-order valence-corrected chi connectivity index (χ3v) is 4.82. The van der Waals surface area contributed by atoms with Gasteiger partial charge in [-0.25, -0.2) is 9.59 Å². The zero-order valence-corrected chi connectivity index (χ0v) is 18.8. The van der Waals surface area contributed by atoms with E-state index in [0.717, 1.165) is 0 Å². The summed E-state index contributed by atoms with van der Waals surface area (Å²) >= 11 is 0. The number of para-hydroxylation sites is 2. The van der Waals surface area contributed by atoms with Crippen molar-refractivity contribution in [2.75, 3.05) is 13.6 Å². The van der Waals surface area contributed by atoms with E-state index in [1.54, 1.807) is 0 Å². The molecule has 0 saturated carbocycles. The molecular weight excluding hydrogens is 476 g/mol. The van der Waals surface area contributed by atoms with Crippen LogP contribution in [0, 0.1) is 0 Å². The molecule has 2 N–H and O–H groups in total. The Kier molecular flexibility index (Phi) is 11.6. The zero-order chi connectivity index (χ0) is 23.5. The van der Waals surface area contributed by atoms with E-state index in [1.807, 2.05) is 18.5 Å².